The molecule has 0 bridgehead atoms. The summed E-state index contributed by atoms with van der Waals surface area (Å²) in [5.74, 6) is 1.28. The molecule has 3 nitrogen and oxygen atoms in total. The summed E-state index contributed by atoms with van der Waals surface area (Å²) in [4.78, 5) is 11.7. The Morgan fingerprint density at radius 3 is 2.83 bits per heavy atom. The standard InChI is InChI=1S/C15H18O3/c1-11-4-3-5-12-10-13(17-2)7-8-14(12)18-15(16)9-6-11/h4,7-8,10H,3,5-6,9H2,1-2H3. The molecule has 18 heavy (non-hydrogen) atoms. The zero-order valence-electron chi connectivity index (χ0n) is 10.9. The first kappa shape index (κ1) is 12.7. The maximum absolute atomic E-state index is 11.7. The van der Waals surface area contributed by atoms with Crippen molar-refractivity contribution in [2.75, 3.05) is 7.11 Å². The summed E-state index contributed by atoms with van der Waals surface area (Å²) in [6.45, 7) is 2.06. The summed E-state index contributed by atoms with van der Waals surface area (Å²) in [7, 11) is 1.64. The van der Waals surface area contributed by atoms with Gasteiger partial charge in [0.1, 0.15) is 11.5 Å². The van der Waals surface area contributed by atoms with E-state index in [-0.39, 0.29) is 5.97 Å². The van der Waals surface area contributed by atoms with E-state index in [2.05, 4.69) is 13.0 Å². The lowest BCUT2D eigenvalue weighted by molar-refractivity contribution is -0.134. The van der Waals surface area contributed by atoms with Crippen LogP contribution in [-0.2, 0) is 11.2 Å². The monoisotopic (exact) mass is 246 g/mol. The molecule has 0 atom stereocenters. The van der Waals surface area contributed by atoms with Crippen molar-refractivity contribution < 1.29 is 14.3 Å². The third-order valence-corrected chi connectivity index (χ3v) is 3.12. The highest BCUT2D eigenvalue weighted by Gasteiger charge is 2.12. The molecule has 1 aromatic rings. The highest BCUT2D eigenvalue weighted by Crippen LogP contribution is 2.27. The topological polar surface area (TPSA) is 35.5 Å². The zero-order chi connectivity index (χ0) is 13.0. The lowest BCUT2D eigenvalue weighted by Gasteiger charge is -2.13. The average Bonchev–Trinajstić information content (AvgIpc) is 2.37. The van der Waals surface area contributed by atoms with Gasteiger partial charge in [0.25, 0.3) is 0 Å². The fourth-order valence-corrected chi connectivity index (χ4v) is 2.03. The first-order chi connectivity index (χ1) is 8.69. The molecule has 0 unspecified atom stereocenters. The molecule has 0 radical (unpaired) electrons. The van der Waals surface area contributed by atoms with Gasteiger partial charge in [-0.1, -0.05) is 11.6 Å². The summed E-state index contributed by atoms with van der Waals surface area (Å²) in [5.41, 5.74) is 2.27. The Balaban J connectivity index is 2.30. The second kappa shape index (κ2) is 5.71. The minimum Gasteiger partial charge on any atom is -0.497 e. The summed E-state index contributed by atoms with van der Waals surface area (Å²) >= 11 is 0. The molecular weight excluding hydrogens is 228 g/mol. The molecule has 0 fully saturated rings. The molecule has 1 heterocycles. The molecule has 2 rings (SSSR count). The van der Waals surface area contributed by atoms with Crippen LogP contribution in [0.5, 0.6) is 11.5 Å². The average molecular weight is 246 g/mol. The van der Waals surface area contributed by atoms with Gasteiger partial charge in [-0.2, -0.15) is 0 Å². The quantitative estimate of drug-likeness (QED) is 0.433. The number of hydrogen-bond acceptors (Lipinski definition) is 3. The molecule has 1 aliphatic heterocycles. The minimum atomic E-state index is -0.170. The Bertz CT molecular complexity index is 475. The van der Waals surface area contributed by atoms with Gasteiger partial charge in [-0.25, -0.2) is 0 Å². The van der Waals surface area contributed by atoms with Gasteiger partial charge in [0.15, 0.2) is 0 Å². The van der Waals surface area contributed by atoms with E-state index >= 15 is 0 Å². The predicted octanol–water partition coefficient (Wildman–Crippen LogP) is 3.27. The smallest absolute Gasteiger partial charge is 0.311 e. The molecule has 0 amide bonds. The van der Waals surface area contributed by atoms with Crippen molar-refractivity contribution >= 4 is 5.97 Å². The van der Waals surface area contributed by atoms with Crippen LogP contribution in [0.1, 0.15) is 31.7 Å². The lowest BCUT2D eigenvalue weighted by atomic mass is 10.0. The van der Waals surface area contributed by atoms with E-state index < -0.39 is 0 Å². The third-order valence-electron chi connectivity index (χ3n) is 3.12. The molecule has 1 aromatic carbocycles. The number of esters is 1. The normalized spacial score (nSPS) is 16.3. The largest absolute Gasteiger partial charge is 0.497 e. The summed E-state index contributed by atoms with van der Waals surface area (Å²) < 4.78 is 10.6. The van der Waals surface area contributed by atoms with Gasteiger partial charge < -0.3 is 9.47 Å². The second-order valence-corrected chi connectivity index (χ2v) is 4.54. The van der Waals surface area contributed by atoms with Gasteiger partial charge in [0.2, 0.25) is 0 Å². The zero-order valence-corrected chi connectivity index (χ0v) is 10.9. The first-order valence-corrected chi connectivity index (χ1v) is 6.22. The highest BCUT2D eigenvalue weighted by molar-refractivity contribution is 5.73. The van der Waals surface area contributed by atoms with Crippen LogP contribution in [-0.4, -0.2) is 13.1 Å². The van der Waals surface area contributed by atoms with Gasteiger partial charge in [-0.05, 0) is 49.9 Å². The van der Waals surface area contributed by atoms with Gasteiger partial charge in [0, 0.05) is 6.42 Å². The molecule has 1 aliphatic rings. The fourth-order valence-electron chi connectivity index (χ4n) is 2.03. The third kappa shape index (κ3) is 3.13. The molecule has 0 N–H and O–H groups in total. The van der Waals surface area contributed by atoms with Gasteiger partial charge >= 0.3 is 5.97 Å². The van der Waals surface area contributed by atoms with Gasteiger partial charge in [0.05, 0.1) is 7.11 Å². The number of ether oxygens (including phenoxy) is 2. The molecule has 0 spiro atoms. The van der Waals surface area contributed by atoms with E-state index in [1.165, 1.54) is 5.57 Å². The molecule has 0 saturated heterocycles. The van der Waals surface area contributed by atoms with Crippen LogP contribution >= 0.6 is 0 Å². The SMILES string of the molecule is COc1ccc2c(c1)CCC=C(C)CCC(=O)O2. The van der Waals surface area contributed by atoms with Crippen molar-refractivity contribution in [3.05, 3.63) is 35.4 Å². The van der Waals surface area contributed by atoms with Crippen LogP contribution in [0.15, 0.2) is 29.8 Å². The van der Waals surface area contributed by atoms with Crippen LogP contribution in [0.25, 0.3) is 0 Å². The van der Waals surface area contributed by atoms with Crippen LogP contribution in [0.2, 0.25) is 0 Å². The number of carbonyl (C=O) groups excluding carboxylic acids is 1. The Kier molecular flexibility index (Phi) is 4.03. The van der Waals surface area contributed by atoms with E-state index in [4.69, 9.17) is 9.47 Å². The summed E-state index contributed by atoms with van der Waals surface area (Å²) in [6, 6.07) is 5.57. The van der Waals surface area contributed by atoms with Crippen LogP contribution < -0.4 is 9.47 Å². The van der Waals surface area contributed by atoms with Crippen molar-refractivity contribution in [1.29, 1.82) is 0 Å². The van der Waals surface area contributed by atoms with Gasteiger partial charge in [-0.15, -0.1) is 0 Å². The van der Waals surface area contributed by atoms with Crippen molar-refractivity contribution in [1.82, 2.24) is 0 Å². The van der Waals surface area contributed by atoms with E-state index in [0.717, 1.165) is 30.6 Å². The number of allylic oxidation sites excluding steroid dienone is 2. The van der Waals surface area contributed by atoms with Crippen molar-refractivity contribution in [3.8, 4) is 11.5 Å². The molecule has 96 valence electrons. The fraction of sp³-hybridized carbons (Fsp3) is 0.400. The van der Waals surface area contributed by atoms with Crippen LogP contribution in [0.3, 0.4) is 0 Å². The Morgan fingerprint density at radius 2 is 2.06 bits per heavy atom. The minimum absolute atomic E-state index is 0.170. The Morgan fingerprint density at radius 1 is 1.22 bits per heavy atom. The number of carbonyl (C=O) groups is 1. The number of methoxy groups -OCH3 is 1. The van der Waals surface area contributed by atoms with Crippen LogP contribution in [0.4, 0.5) is 0 Å². The molecule has 3 heteroatoms. The molecular formula is C15H18O3. The number of hydrogen-bond donors (Lipinski definition) is 0. The van der Waals surface area contributed by atoms with Crippen LogP contribution in [0, 0.1) is 0 Å². The lowest BCUT2D eigenvalue weighted by Crippen LogP contribution is -2.10. The van der Waals surface area contributed by atoms with Crippen molar-refractivity contribution in [3.63, 3.8) is 0 Å². The van der Waals surface area contributed by atoms with E-state index in [9.17, 15) is 4.79 Å². The van der Waals surface area contributed by atoms with E-state index in [0.29, 0.717) is 12.2 Å². The number of fused-ring (bicyclic) bond motifs is 1. The van der Waals surface area contributed by atoms with E-state index in [1.807, 2.05) is 18.2 Å². The van der Waals surface area contributed by atoms with Crippen molar-refractivity contribution in [2.45, 2.75) is 32.6 Å². The highest BCUT2D eigenvalue weighted by atomic mass is 16.5. The summed E-state index contributed by atoms with van der Waals surface area (Å²) in [6.07, 6.45) is 5.24. The molecule has 0 saturated carbocycles. The number of benzene rings is 1. The Hall–Kier alpha value is -1.77. The van der Waals surface area contributed by atoms with Crippen molar-refractivity contribution in [2.24, 2.45) is 0 Å². The first-order valence-electron chi connectivity index (χ1n) is 6.22. The molecule has 0 aromatic heterocycles. The summed E-state index contributed by atoms with van der Waals surface area (Å²) in [5, 5.41) is 0. The Labute approximate surface area is 107 Å². The second-order valence-electron chi connectivity index (χ2n) is 4.54. The van der Waals surface area contributed by atoms with Gasteiger partial charge in [-0.3, -0.25) is 4.79 Å². The predicted molar refractivity (Wildman–Crippen MR) is 69.9 cm³/mol. The van der Waals surface area contributed by atoms with E-state index in [1.54, 1.807) is 7.11 Å². The number of aryl methyl sites for hydroxylation is 1. The number of rotatable bonds is 1. The maximum atomic E-state index is 11.7. The molecule has 0 aliphatic carbocycles. The maximum Gasteiger partial charge on any atom is 0.311 e.